The van der Waals surface area contributed by atoms with Crippen molar-refractivity contribution in [2.75, 3.05) is 5.73 Å². The van der Waals surface area contributed by atoms with Crippen LogP contribution in [-0.4, -0.2) is 14.6 Å². The Kier molecular flexibility index (Phi) is 4.65. The molecule has 9 heteroatoms. The summed E-state index contributed by atoms with van der Waals surface area (Å²) in [6.07, 6.45) is 1.46. The van der Waals surface area contributed by atoms with Gasteiger partial charge >= 0.3 is 0 Å². The average molecular weight is 408 g/mol. The minimum Gasteiger partial charge on any atom is -0.380 e. The van der Waals surface area contributed by atoms with E-state index in [0.29, 0.717) is 38.3 Å². The SMILES string of the molecule is N#Cc1cnc2c(N=Nc3ccc(Cl)cc3)c(N)nn2c1-c1ccc(Cl)cc1. The highest BCUT2D eigenvalue weighted by atomic mass is 35.5. The molecule has 0 aliphatic heterocycles. The Hall–Kier alpha value is -3.47. The molecule has 28 heavy (non-hydrogen) atoms. The van der Waals surface area contributed by atoms with Crippen molar-refractivity contribution in [1.82, 2.24) is 14.6 Å². The summed E-state index contributed by atoms with van der Waals surface area (Å²) in [4.78, 5) is 4.30. The van der Waals surface area contributed by atoms with Gasteiger partial charge in [-0.05, 0) is 36.4 Å². The number of nitrogens with zero attached hydrogens (tertiary/aromatic N) is 6. The van der Waals surface area contributed by atoms with Crippen LogP contribution in [0.15, 0.2) is 65.0 Å². The zero-order valence-electron chi connectivity index (χ0n) is 14.2. The van der Waals surface area contributed by atoms with Crippen LogP contribution in [0.1, 0.15) is 5.56 Å². The number of aromatic nitrogens is 3. The van der Waals surface area contributed by atoms with Crippen molar-refractivity contribution < 1.29 is 0 Å². The molecule has 2 N–H and O–H groups in total. The van der Waals surface area contributed by atoms with Crippen molar-refractivity contribution in [3.8, 4) is 17.3 Å². The lowest BCUT2D eigenvalue weighted by atomic mass is 10.1. The van der Waals surface area contributed by atoms with E-state index in [4.69, 9.17) is 28.9 Å². The van der Waals surface area contributed by atoms with Crippen LogP contribution < -0.4 is 5.73 Å². The summed E-state index contributed by atoms with van der Waals surface area (Å²) in [5.41, 5.74) is 9.00. The van der Waals surface area contributed by atoms with Crippen LogP contribution in [0.3, 0.4) is 0 Å². The third-order valence-electron chi connectivity index (χ3n) is 3.98. The van der Waals surface area contributed by atoms with Gasteiger partial charge in [-0.15, -0.1) is 10.2 Å². The molecule has 0 saturated heterocycles. The smallest absolute Gasteiger partial charge is 0.185 e. The van der Waals surface area contributed by atoms with Crippen molar-refractivity contribution >= 4 is 46.0 Å². The van der Waals surface area contributed by atoms with Crippen molar-refractivity contribution in [2.24, 2.45) is 10.2 Å². The Labute approximate surface area is 169 Å². The first-order chi connectivity index (χ1) is 13.6. The van der Waals surface area contributed by atoms with Crippen LogP contribution in [0.4, 0.5) is 17.2 Å². The molecule has 2 aromatic heterocycles. The lowest BCUT2D eigenvalue weighted by Crippen LogP contribution is -2.00. The summed E-state index contributed by atoms with van der Waals surface area (Å²) in [5, 5.41) is 23.4. The number of benzene rings is 2. The number of nitrogens with two attached hydrogens (primary N) is 1. The van der Waals surface area contributed by atoms with Gasteiger partial charge in [0.1, 0.15) is 6.07 Å². The molecule has 0 fully saturated rings. The first-order valence-corrected chi connectivity index (χ1v) is 8.83. The van der Waals surface area contributed by atoms with Gasteiger partial charge in [-0.1, -0.05) is 35.3 Å². The molecule has 0 bridgehead atoms. The van der Waals surface area contributed by atoms with E-state index >= 15 is 0 Å². The van der Waals surface area contributed by atoms with E-state index < -0.39 is 0 Å². The van der Waals surface area contributed by atoms with E-state index in [1.807, 2.05) is 0 Å². The molecule has 0 atom stereocenters. The van der Waals surface area contributed by atoms with Gasteiger partial charge < -0.3 is 5.73 Å². The summed E-state index contributed by atoms with van der Waals surface area (Å²) < 4.78 is 1.49. The molecule has 0 spiro atoms. The topological polar surface area (TPSA) is 105 Å². The molecule has 2 heterocycles. The first-order valence-electron chi connectivity index (χ1n) is 8.07. The van der Waals surface area contributed by atoms with Gasteiger partial charge in [0.2, 0.25) is 0 Å². The second-order valence-corrected chi connectivity index (χ2v) is 6.66. The van der Waals surface area contributed by atoms with Crippen molar-refractivity contribution in [3.05, 3.63) is 70.3 Å². The Morgan fingerprint density at radius 1 is 0.964 bits per heavy atom. The second kappa shape index (κ2) is 7.27. The summed E-state index contributed by atoms with van der Waals surface area (Å²) in [5.74, 6) is 0.149. The van der Waals surface area contributed by atoms with Crippen LogP contribution in [0.25, 0.3) is 16.9 Å². The van der Waals surface area contributed by atoms with Gasteiger partial charge in [0.05, 0.1) is 16.9 Å². The fourth-order valence-electron chi connectivity index (χ4n) is 2.67. The molecular weight excluding hydrogens is 397 g/mol. The maximum absolute atomic E-state index is 9.50. The lowest BCUT2D eigenvalue weighted by molar-refractivity contribution is 0.949. The molecular formula is C19H11Cl2N7. The third kappa shape index (κ3) is 3.27. The number of nitrogen functional groups attached to an aromatic ring is 1. The monoisotopic (exact) mass is 407 g/mol. The summed E-state index contributed by atoms with van der Waals surface area (Å²) in [6, 6.07) is 16.1. The molecule has 2 aromatic carbocycles. The zero-order chi connectivity index (χ0) is 19.7. The number of fused-ring (bicyclic) bond motifs is 1. The molecule has 7 nitrogen and oxygen atoms in total. The Morgan fingerprint density at radius 2 is 1.61 bits per heavy atom. The maximum atomic E-state index is 9.50. The van der Waals surface area contributed by atoms with Gasteiger partial charge in [-0.2, -0.15) is 10.4 Å². The molecule has 0 aliphatic carbocycles. The summed E-state index contributed by atoms with van der Waals surface area (Å²) >= 11 is 11.9. The van der Waals surface area contributed by atoms with Gasteiger partial charge in [0.25, 0.3) is 0 Å². The third-order valence-corrected chi connectivity index (χ3v) is 4.48. The van der Waals surface area contributed by atoms with Gasteiger partial charge in [-0.25, -0.2) is 9.50 Å². The predicted octanol–water partition coefficient (Wildman–Crippen LogP) is 5.57. The molecule has 4 aromatic rings. The molecule has 4 rings (SSSR count). The van der Waals surface area contributed by atoms with Gasteiger partial charge in [-0.3, -0.25) is 0 Å². The zero-order valence-corrected chi connectivity index (χ0v) is 15.7. The number of azo groups is 1. The Bertz CT molecular complexity index is 1240. The minimum absolute atomic E-state index is 0.149. The van der Waals surface area contributed by atoms with Crippen molar-refractivity contribution in [3.63, 3.8) is 0 Å². The van der Waals surface area contributed by atoms with E-state index in [1.165, 1.54) is 10.7 Å². The number of halogens is 2. The highest BCUT2D eigenvalue weighted by molar-refractivity contribution is 6.30. The minimum atomic E-state index is 0.149. The Balaban J connectivity index is 1.87. The van der Waals surface area contributed by atoms with E-state index in [2.05, 4.69) is 26.4 Å². The predicted molar refractivity (Wildman–Crippen MR) is 108 cm³/mol. The van der Waals surface area contributed by atoms with E-state index in [1.54, 1.807) is 48.5 Å². The van der Waals surface area contributed by atoms with Crippen LogP contribution in [0, 0.1) is 11.3 Å². The van der Waals surface area contributed by atoms with E-state index in [0.717, 1.165) is 5.56 Å². The van der Waals surface area contributed by atoms with Gasteiger partial charge in [0, 0.05) is 21.8 Å². The second-order valence-electron chi connectivity index (χ2n) is 5.78. The van der Waals surface area contributed by atoms with Crippen LogP contribution >= 0.6 is 23.2 Å². The molecule has 0 unspecified atom stereocenters. The molecule has 0 aliphatic rings. The van der Waals surface area contributed by atoms with Crippen molar-refractivity contribution in [1.29, 1.82) is 5.26 Å². The summed E-state index contributed by atoms with van der Waals surface area (Å²) in [6.45, 7) is 0. The Morgan fingerprint density at radius 3 is 2.25 bits per heavy atom. The molecule has 0 radical (unpaired) electrons. The average Bonchev–Trinajstić information content (AvgIpc) is 3.02. The normalized spacial score (nSPS) is 11.2. The van der Waals surface area contributed by atoms with Crippen LogP contribution in [0.2, 0.25) is 10.0 Å². The van der Waals surface area contributed by atoms with Crippen LogP contribution in [-0.2, 0) is 0 Å². The number of hydrogen-bond donors (Lipinski definition) is 1. The lowest BCUT2D eigenvalue weighted by Gasteiger charge is -2.06. The maximum Gasteiger partial charge on any atom is 0.185 e. The van der Waals surface area contributed by atoms with Gasteiger partial charge in [0.15, 0.2) is 17.2 Å². The largest absolute Gasteiger partial charge is 0.380 e. The fraction of sp³-hybridized carbons (Fsp3) is 0. The molecule has 136 valence electrons. The number of anilines is 1. The standard InChI is InChI=1S/C19H11Cl2N7/c20-13-3-1-11(2-4-13)17-12(9-22)10-24-19-16(18(23)27-28(17)19)26-25-15-7-5-14(21)6-8-15/h1-8,10H,(H2,23,27). The van der Waals surface area contributed by atoms with Crippen LogP contribution in [0.5, 0.6) is 0 Å². The first kappa shape index (κ1) is 17.9. The van der Waals surface area contributed by atoms with E-state index in [-0.39, 0.29) is 5.82 Å². The quantitative estimate of drug-likeness (QED) is 0.447. The number of nitriles is 1. The van der Waals surface area contributed by atoms with Crippen molar-refractivity contribution in [2.45, 2.75) is 0 Å². The number of hydrogen-bond acceptors (Lipinski definition) is 6. The molecule has 0 saturated carbocycles. The highest BCUT2D eigenvalue weighted by Gasteiger charge is 2.18. The number of rotatable bonds is 3. The molecule has 0 amide bonds. The highest BCUT2D eigenvalue weighted by Crippen LogP contribution is 2.33. The fourth-order valence-corrected chi connectivity index (χ4v) is 2.92. The summed E-state index contributed by atoms with van der Waals surface area (Å²) in [7, 11) is 0. The van der Waals surface area contributed by atoms with E-state index in [9.17, 15) is 5.26 Å².